The van der Waals surface area contributed by atoms with E-state index in [-0.39, 0.29) is 17.9 Å². The molecule has 3 amide bonds. The number of rotatable bonds is 5. The van der Waals surface area contributed by atoms with E-state index in [4.69, 9.17) is 4.74 Å². The maximum atomic E-state index is 12.5. The fourth-order valence-electron chi connectivity index (χ4n) is 2.93. The SMILES string of the molecule is CC(CNC1CC1)CN1C(=O)NC2(CCOCC2)C1=O. The van der Waals surface area contributed by atoms with E-state index >= 15 is 0 Å². The largest absolute Gasteiger partial charge is 0.381 e. The number of imide groups is 1. The normalized spacial score (nSPS) is 26.9. The van der Waals surface area contributed by atoms with Crippen LogP contribution in [0.25, 0.3) is 0 Å². The minimum Gasteiger partial charge on any atom is -0.381 e. The number of carbonyl (C=O) groups excluding carboxylic acids is 2. The first-order valence-electron chi connectivity index (χ1n) is 7.56. The Kier molecular flexibility index (Phi) is 3.69. The molecule has 112 valence electrons. The van der Waals surface area contributed by atoms with Crippen LogP contribution >= 0.6 is 0 Å². The first-order valence-corrected chi connectivity index (χ1v) is 7.56. The van der Waals surface area contributed by atoms with Crippen LogP contribution in [-0.2, 0) is 9.53 Å². The van der Waals surface area contributed by atoms with E-state index in [0.29, 0.717) is 38.6 Å². The van der Waals surface area contributed by atoms with Crippen molar-refractivity contribution >= 4 is 11.9 Å². The predicted octanol–water partition coefficient (Wildman–Crippen LogP) is 0.476. The summed E-state index contributed by atoms with van der Waals surface area (Å²) in [5, 5.41) is 6.33. The van der Waals surface area contributed by atoms with Gasteiger partial charge in [-0.1, -0.05) is 6.92 Å². The molecule has 2 heterocycles. The van der Waals surface area contributed by atoms with Gasteiger partial charge in [0.25, 0.3) is 5.91 Å². The van der Waals surface area contributed by atoms with Crippen molar-refractivity contribution in [2.45, 2.75) is 44.2 Å². The molecule has 3 aliphatic rings. The maximum absolute atomic E-state index is 12.5. The molecule has 6 nitrogen and oxygen atoms in total. The lowest BCUT2D eigenvalue weighted by Gasteiger charge is -2.30. The summed E-state index contributed by atoms with van der Waals surface area (Å²) in [5.41, 5.74) is -0.695. The Balaban J connectivity index is 1.58. The number of urea groups is 1. The summed E-state index contributed by atoms with van der Waals surface area (Å²) in [6, 6.07) is 0.414. The first kappa shape index (κ1) is 13.8. The molecular weight excluding hydrogens is 258 g/mol. The van der Waals surface area contributed by atoms with Crippen LogP contribution in [0.2, 0.25) is 0 Å². The number of hydrogen-bond acceptors (Lipinski definition) is 4. The Bertz CT molecular complexity index is 402. The highest BCUT2D eigenvalue weighted by molar-refractivity contribution is 6.07. The van der Waals surface area contributed by atoms with Crippen LogP contribution in [0.15, 0.2) is 0 Å². The van der Waals surface area contributed by atoms with Crippen molar-refractivity contribution in [3.63, 3.8) is 0 Å². The van der Waals surface area contributed by atoms with E-state index in [0.717, 1.165) is 6.54 Å². The van der Waals surface area contributed by atoms with Crippen LogP contribution in [0.5, 0.6) is 0 Å². The summed E-state index contributed by atoms with van der Waals surface area (Å²) in [5.74, 6) is 0.212. The number of ether oxygens (including phenoxy) is 1. The minimum atomic E-state index is -0.695. The monoisotopic (exact) mass is 281 g/mol. The molecule has 1 saturated carbocycles. The summed E-state index contributed by atoms with van der Waals surface area (Å²) in [6.45, 7) is 4.51. The molecule has 1 unspecified atom stereocenters. The number of hydrogen-bond donors (Lipinski definition) is 2. The van der Waals surface area contributed by atoms with Crippen molar-refractivity contribution in [3.05, 3.63) is 0 Å². The van der Waals surface area contributed by atoms with E-state index in [1.807, 2.05) is 0 Å². The summed E-state index contributed by atoms with van der Waals surface area (Å²) >= 11 is 0. The standard InChI is InChI=1S/C14H23N3O3/c1-10(8-15-11-2-3-11)9-17-12(18)14(16-13(17)19)4-6-20-7-5-14/h10-11,15H,2-9H2,1H3,(H,16,19). The van der Waals surface area contributed by atoms with Gasteiger partial charge in [0.1, 0.15) is 5.54 Å². The van der Waals surface area contributed by atoms with Gasteiger partial charge in [-0.15, -0.1) is 0 Å². The lowest BCUT2D eigenvalue weighted by atomic mass is 9.90. The Morgan fingerprint density at radius 3 is 2.75 bits per heavy atom. The summed E-state index contributed by atoms with van der Waals surface area (Å²) in [4.78, 5) is 26.0. The van der Waals surface area contributed by atoms with Gasteiger partial charge in [0.2, 0.25) is 0 Å². The maximum Gasteiger partial charge on any atom is 0.325 e. The van der Waals surface area contributed by atoms with Gasteiger partial charge in [0.05, 0.1) is 0 Å². The van der Waals surface area contributed by atoms with Gasteiger partial charge >= 0.3 is 6.03 Å². The zero-order chi connectivity index (χ0) is 14.2. The molecule has 0 aromatic heterocycles. The second-order valence-electron chi connectivity index (χ2n) is 6.33. The topological polar surface area (TPSA) is 70.7 Å². The molecule has 6 heteroatoms. The van der Waals surface area contributed by atoms with E-state index in [9.17, 15) is 9.59 Å². The third kappa shape index (κ3) is 2.67. The molecule has 0 bridgehead atoms. The Morgan fingerprint density at radius 2 is 2.10 bits per heavy atom. The molecule has 0 radical (unpaired) electrons. The van der Waals surface area contributed by atoms with E-state index < -0.39 is 5.54 Å². The predicted molar refractivity (Wildman–Crippen MR) is 73.2 cm³/mol. The van der Waals surface area contributed by atoms with Gasteiger partial charge in [-0.3, -0.25) is 9.69 Å². The molecule has 2 saturated heterocycles. The number of nitrogens with zero attached hydrogens (tertiary/aromatic N) is 1. The highest BCUT2D eigenvalue weighted by Crippen LogP contribution is 2.29. The molecule has 3 fully saturated rings. The zero-order valence-corrected chi connectivity index (χ0v) is 12.0. The van der Waals surface area contributed by atoms with Crippen molar-refractivity contribution in [2.75, 3.05) is 26.3 Å². The van der Waals surface area contributed by atoms with Gasteiger partial charge in [-0.05, 0) is 25.3 Å². The summed E-state index contributed by atoms with van der Waals surface area (Å²) < 4.78 is 5.30. The Hall–Kier alpha value is -1.14. The molecule has 20 heavy (non-hydrogen) atoms. The van der Waals surface area contributed by atoms with Crippen molar-refractivity contribution in [1.29, 1.82) is 0 Å². The van der Waals surface area contributed by atoms with Crippen LogP contribution in [-0.4, -0.2) is 54.7 Å². The van der Waals surface area contributed by atoms with E-state index in [1.54, 1.807) is 0 Å². The average molecular weight is 281 g/mol. The van der Waals surface area contributed by atoms with Crippen molar-refractivity contribution in [2.24, 2.45) is 5.92 Å². The third-order valence-corrected chi connectivity index (χ3v) is 4.42. The molecule has 0 aromatic rings. The summed E-state index contributed by atoms with van der Waals surface area (Å²) in [6.07, 6.45) is 3.67. The van der Waals surface area contributed by atoms with Crippen molar-refractivity contribution < 1.29 is 14.3 Å². The highest BCUT2D eigenvalue weighted by Gasteiger charge is 2.51. The van der Waals surface area contributed by atoms with Gasteiger partial charge in [-0.2, -0.15) is 0 Å². The van der Waals surface area contributed by atoms with Crippen LogP contribution < -0.4 is 10.6 Å². The van der Waals surface area contributed by atoms with Crippen molar-refractivity contribution in [3.8, 4) is 0 Å². The lowest BCUT2D eigenvalue weighted by molar-refractivity contribution is -0.134. The lowest BCUT2D eigenvalue weighted by Crippen LogP contribution is -2.51. The minimum absolute atomic E-state index is 0.0657. The smallest absolute Gasteiger partial charge is 0.325 e. The third-order valence-electron chi connectivity index (χ3n) is 4.42. The molecule has 0 aromatic carbocycles. The first-order chi connectivity index (χ1) is 9.61. The zero-order valence-electron chi connectivity index (χ0n) is 12.0. The number of amides is 3. The Labute approximate surface area is 119 Å². The number of carbonyl (C=O) groups is 2. The summed E-state index contributed by atoms with van der Waals surface area (Å²) in [7, 11) is 0. The van der Waals surface area contributed by atoms with E-state index in [1.165, 1.54) is 17.7 Å². The quantitative estimate of drug-likeness (QED) is 0.719. The van der Waals surface area contributed by atoms with Crippen LogP contribution in [0, 0.1) is 5.92 Å². The van der Waals surface area contributed by atoms with Crippen LogP contribution in [0.3, 0.4) is 0 Å². The highest BCUT2D eigenvalue weighted by atomic mass is 16.5. The molecule has 2 N–H and O–H groups in total. The van der Waals surface area contributed by atoms with Gasteiger partial charge in [-0.25, -0.2) is 4.79 Å². The Morgan fingerprint density at radius 1 is 1.40 bits per heavy atom. The molecule has 1 atom stereocenters. The number of nitrogens with one attached hydrogen (secondary N) is 2. The second kappa shape index (κ2) is 5.33. The van der Waals surface area contributed by atoms with E-state index in [2.05, 4.69) is 17.6 Å². The fraction of sp³-hybridized carbons (Fsp3) is 0.857. The van der Waals surface area contributed by atoms with Gasteiger partial charge in [0.15, 0.2) is 0 Å². The molecule has 1 aliphatic carbocycles. The molecule has 1 spiro atoms. The average Bonchev–Trinajstić information content (AvgIpc) is 3.23. The molecule has 2 aliphatic heterocycles. The van der Waals surface area contributed by atoms with Crippen LogP contribution in [0.4, 0.5) is 4.79 Å². The van der Waals surface area contributed by atoms with Crippen molar-refractivity contribution in [1.82, 2.24) is 15.5 Å². The van der Waals surface area contributed by atoms with Gasteiger partial charge in [0, 0.05) is 38.6 Å². The van der Waals surface area contributed by atoms with Crippen LogP contribution in [0.1, 0.15) is 32.6 Å². The second-order valence-corrected chi connectivity index (χ2v) is 6.33. The fourth-order valence-corrected chi connectivity index (χ4v) is 2.93. The molecular formula is C14H23N3O3. The molecule has 3 rings (SSSR count). The van der Waals surface area contributed by atoms with Gasteiger partial charge < -0.3 is 15.4 Å².